The molecule has 0 saturated carbocycles. The number of hydrogen-bond donors (Lipinski definition) is 2. The Kier molecular flexibility index (Phi) is 2.52. The number of halogens is 1. The summed E-state index contributed by atoms with van der Waals surface area (Å²) in [4.78, 5) is 13.9. The van der Waals surface area contributed by atoms with Gasteiger partial charge in [0.2, 0.25) is 0 Å². The molecule has 2 aromatic rings. The largest absolute Gasteiger partial charge is 0.481 e. The Balaban J connectivity index is 2.71. The van der Waals surface area contributed by atoms with Crippen molar-refractivity contribution in [1.29, 1.82) is 0 Å². The topological polar surface area (TPSA) is 53.1 Å². The zero-order chi connectivity index (χ0) is 11.0. The molecule has 1 heterocycles. The number of aromatic nitrogens is 1. The van der Waals surface area contributed by atoms with Crippen LogP contribution in [0.5, 0.6) is 0 Å². The Hall–Kier alpha value is -1.29. The summed E-state index contributed by atoms with van der Waals surface area (Å²) in [6, 6.07) is 5.87. The lowest BCUT2D eigenvalue weighted by Crippen LogP contribution is -2.00. The summed E-state index contributed by atoms with van der Waals surface area (Å²) in [5.74, 6) is -0.820. The van der Waals surface area contributed by atoms with Gasteiger partial charge in [-0.05, 0) is 34.5 Å². The van der Waals surface area contributed by atoms with Gasteiger partial charge in [0.15, 0.2) is 0 Å². The fourth-order valence-electron chi connectivity index (χ4n) is 1.79. The number of hydrogen-bond acceptors (Lipinski definition) is 1. The van der Waals surface area contributed by atoms with E-state index in [9.17, 15) is 4.79 Å². The molecule has 2 N–H and O–H groups in total. The minimum absolute atomic E-state index is 0.0332. The van der Waals surface area contributed by atoms with E-state index >= 15 is 0 Å². The average Bonchev–Trinajstić information content (AvgIpc) is 2.43. The van der Waals surface area contributed by atoms with Crippen LogP contribution in [0.1, 0.15) is 11.1 Å². The van der Waals surface area contributed by atoms with E-state index in [0.29, 0.717) is 0 Å². The fourth-order valence-corrected chi connectivity index (χ4v) is 2.35. The Labute approximate surface area is 95.2 Å². The van der Waals surface area contributed by atoms with Crippen LogP contribution in [0.15, 0.2) is 22.8 Å². The molecule has 3 nitrogen and oxygen atoms in total. The fraction of sp³-hybridized carbons (Fsp3) is 0.182. The number of H-pyrrole nitrogens is 1. The van der Waals surface area contributed by atoms with Gasteiger partial charge >= 0.3 is 5.97 Å². The first kappa shape index (κ1) is 10.2. The van der Waals surface area contributed by atoms with Crippen LogP contribution in [0.3, 0.4) is 0 Å². The lowest BCUT2D eigenvalue weighted by molar-refractivity contribution is -0.136. The van der Waals surface area contributed by atoms with Gasteiger partial charge in [0, 0.05) is 16.5 Å². The van der Waals surface area contributed by atoms with Crippen LogP contribution in [-0.4, -0.2) is 16.1 Å². The van der Waals surface area contributed by atoms with Crippen LogP contribution in [0.4, 0.5) is 0 Å². The standard InChI is InChI=1S/C11H10BrNO2/c1-6-3-2-4-8-10(6)7(5-9(14)15)11(12)13-8/h2-4,13H,5H2,1H3,(H,14,15). The number of aryl methyl sites for hydroxylation is 1. The van der Waals surface area contributed by atoms with E-state index in [1.807, 2.05) is 25.1 Å². The van der Waals surface area contributed by atoms with Crippen molar-refractivity contribution in [3.8, 4) is 0 Å². The second-order valence-electron chi connectivity index (χ2n) is 3.49. The molecule has 0 saturated heterocycles. The second-order valence-corrected chi connectivity index (χ2v) is 4.28. The molecule has 0 radical (unpaired) electrons. The molecule has 15 heavy (non-hydrogen) atoms. The molecule has 0 bridgehead atoms. The average molecular weight is 268 g/mol. The lowest BCUT2D eigenvalue weighted by atomic mass is 10.1. The maximum atomic E-state index is 10.7. The van der Waals surface area contributed by atoms with Crippen LogP contribution < -0.4 is 0 Å². The van der Waals surface area contributed by atoms with Gasteiger partial charge in [0.05, 0.1) is 11.0 Å². The SMILES string of the molecule is Cc1cccc2[nH]c(Br)c(CC(=O)O)c12. The Morgan fingerprint density at radius 2 is 2.27 bits per heavy atom. The lowest BCUT2D eigenvalue weighted by Gasteiger charge is -1.99. The van der Waals surface area contributed by atoms with Crippen molar-refractivity contribution in [1.82, 2.24) is 4.98 Å². The number of aliphatic carboxylic acids is 1. The third-order valence-corrected chi connectivity index (χ3v) is 3.09. The van der Waals surface area contributed by atoms with Gasteiger partial charge in [-0.1, -0.05) is 12.1 Å². The molecule has 4 heteroatoms. The number of aromatic amines is 1. The summed E-state index contributed by atoms with van der Waals surface area (Å²) in [5, 5.41) is 9.83. The minimum Gasteiger partial charge on any atom is -0.481 e. The van der Waals surface area contributed by atoms with Crippen molar-refractivity contribution >= 4 is 32.8 Å². The van der Waals surface area contributed by atoms with Gasteiger partial charge in [-0.2, -0.15) is 0 Å². The third kappa shape index (κ3) is 1.77. The van der Waals surface area contributed by atoms with Gasteiger partial charge in [-0.25, -0.2) is 0 Å². The smallest absolute Gasteiger partial charge is 0.307 e. The summed E-state index contributed by atoms with van der Waals surface area (Å²) in [6.07, 6.45) is 0.0332. The second kappa shape index (κ2) is 3.70. The molecule has 2 rings (SSSR count). The van der Waals surface area contributed by atoms with E-state index in [-0.39, 0.29) is 6.42 Å². The van der Waals surface area contributed by atoms with E-state index in [1.54, 1.807) is 0 Å². The van der Waals surface area contributed by atoms with Crippen molar-refractivity contribution in [2.24, 2.45) is 0 Å². The molecule has 0 aliphatic rings. The first-order valence-electron chi connectivity index (χ1n) is 4.57. The highest BCUT2D eigenvalue weighted by Crippen LogP contribution is 2.29. The van der Waals surface area contributed by atoms with Gasteiger partial charge in [-0.3, -0.25) is 4.79 Å². The van der Waals surface area contributed by atoms with Crippen LogP contribution in [0.2, 0.25) is 0 Å². The maximum Gasteiger partial charge on any atom is 0.307 e. The first-order chi connectivity index (χ1) is 7.09. The van der Waals surface area contributed by atoms with Gasteiger partial charge in [-0.15, -0.1) is 0 Å². The maximum absolute atomic E-state index is 10.7. The molecule has 0 spiro atoms. The molecule has 0 unspecified atom stereocenters. The van der Waals surface area contributed by atoms with Crippen molar-refractivity contribution in [3.05, 3.63) is 33.9 Å². The summed E-state index contributed by atoms with van der Waals surface area (Å²) >= 11 is 3.35. The molecule has 0 aliphatic carbocycles. The molecular weight excluding hydrogens is 258 g/mol. The number of benzene rings is 1. The van der Waals surface area contributed by atoms with Gasteiger partial charge in [0.25, 0.3) is 0 Å². The van der Waals surface area contributed by atoms with E-state index in [0.717, 1.165) is 26.6 Å². The Morgan fingerprint density at radius 3 is 2.93 bits per heavy atom. The van der Waals surface area contributed by atoms with Crippen molar-refractivity contribution in [3.63, 3.8) is 0 Å². The molecule has 1 aromatic heterocycles. The van der Waals surface area contributed by atoms with Crippen LogP contribution in [-0.2, 0) is 11.2 Å². The molecule has 0 fully saturated rings. The quantitative estimate of drug-likeness (QED) is 0.879. The summed E-state index contributed by atoms with van der Waals surface area (Å²) in [6.45, 7) is 1.98. The number of carboxylic acid groups (broad SMARTS) is 1. The summed E-state index contributed by atoms with van der Waals surface area (Å²) < 4.78 is 0.759. The molecule has 0 aliphatic heterocycles. The van der Waals surface area contributed by atoms with Crippen LogP contribution in [0, 0.1) is 6.92 Å². The normalized spacial score (nSPS) is 10.8. The van der Waals surface area contributed by atoms with Crippen molar-refractivity contribution in [2.45, 2.75) is 13.3 Å². The summed E-state index contributed by atoms with van der Waals surface area (Å²) in [7, 11) is 0. The van der Waals surface area contributed by atoms with E-state index in [1.165, 1.54) is 0 Å². The Morgan fingerprint density at radius 1 is 1.53 bits per heavy atom. The number of carbonyl (C=O) groups is 1. The van der Waals surface area contributed by atoms with Gasteiger partial charge < -0.3 is 10.1 Å². The zero-order valence-corrected chi connectivity index (χ0v) is 9.76. The number of nitrogens with one attached hydrogen (secondary N) is 1. The van der Waals surface area contributed by atoms with Crippen molar-refractivity contribution in [2.75, 3.05) is 0 Å². The predicted molar refractivity (Wildman–Crippen MR) is 62.1 cm³/mol. The molecule has 1 aromatic carbocycles. The first-order valence-corrected chi connectivity index (χ1v) is 5.36. The van der Waals surface area contributed by atoms with Crippen LogP contribution in [0.25, 0.3) is 10.9 Å². The third-order valence-electron chi connectivity index (χ3n) is 2.41. The molecule has 0 amide bonds. The summed E-state index contributed by atoms with van der Waals surface area (Å²) in [5.41, 5.74) is 2.87. The highest BCUT2D eigenvalue weighted by Gasteiger charge is 2.13. The predicted octanol–water partition coefficient (Wildman–Crippen LogP) is 2.87. The van der Waals surface area contributed by atoms with Crippen molar-refractivity contribution < 1.29 is 9.90 Å². The zero-order valence-electron chi connectivity index (χ0n) is 8.17. The van der Waals surface area contributed by atoms with Gasteiger partial charge in [0.1, 0.15) is 0 Å². The van der Waals surface area contributed by atoms with Crippen LogP contribution >= 0.6 is 15.9 Å². The number of carboxylic acids is 1. The number of rotatable bonds is 2. The highest BCUT2D eigenvalue weighted by atomic mass is 79.9. The molecular formula is C11H10BrNO2. The monoisotopic (exact) mass is 267 g/mol. The molecule has 78 valence electrons. The highest BCUT2D eigenvalue weighted by molar-refractivity contribution is 9.10. The van der Waals surface area contributed by atoms with E-state index in [4.69, 9.17) is 5.11 Å². The van der Waals surface area contributed by atoms with E-state index < -0.39 is 5.97 Å². The number of fused-ring (bicyclic) bond motifs is 1. The molecule has 0 atom stereocenters. The van der Waals surface area contributed by atoms with E-state index in [2.05, 4.69) is 20.9 Å². The Bertz CT molecular complexity index is 531. The minimum atomic E-state index is -0.820.